The highest BCUT2D eigenvalue weighted by molar-refractivity contribution is 4.88. The maximum absolute atomic E-state index is 3.75. The van der Waals surface area contributed by atoms with E-state index in [-0.39, 0.29) is 0 Å². The molecule has 2 heteroatoms. The van der Waals surface area contributed by atoms with Crippen molar-refractivity contribution in [3.8, 4) is 0 Å². The molecule has 0 aromatic carbocycles. The minimum atomic E-state index is 0.681. The van der Waals surface area contributed by atoms with E-state index in [1.165, 1.54) is 38.9 Å². The third-order valence-corrected chi connectivity index (χ3v) is 4.54. The molecule has 2 unspecified atom stereocenters. The number of rotatable bonds is 7. The average Bonchev–Trinajstić information content (AvgIpc) is 2.33. The molecule has 19 heavy (non-hydrogen) atoms. The quantitative estimate of drug-likeness (QED) is 0.707. The van der Waals surface area contributed by atoms with E-state index < -0.39 is 0 Å². The summed E-state index contributed by atoms with van der Waals surface area (Å²) in [7, 11) is 0. The summed E-state index contributed by atoms with van der Waals surface area (Å²) in [5.74, 6) is 2.35. The lowest BCUT2D eigenvalue weighted by Crippen LogP contribution is -2.59. The van der Waals surface area contributed by atoms with Crippen LogP contribution in [0.5, 0.6) is 0 Å². The van der Waals surface area contributed by atoms with Crippen LogP contribution in [0.15, 0.2) is 0 Å². The monoisotopic (exact) mass is 268 g/mol. The second-order valence-corrected chi connectivity index (χ2v) is 7.45. The van der Waals surface area contributed by atoms with Crippen molar-refractivity contribution in [2.24, 2.45) is 17.8 Å². The van der Waals surface area contributed by atoms with Gasteiger partial charge in [0.05, 0.1) is 0 Å². The van der Waals surface area contributed by atoms with Gasteiger partial charge in [0.2, 0.25) is 0 Å². The second-order valence-electron chi connectivity index (χ2n) is 7.45. The summed E-state index contributed by atoms with van der Waals surface area (Å²) < 4.78 is 0. The third-order valence-electron chi connectivity index (χ3n) is 4.54. The smallest absolute Gasteiger partial charge is 0.0244 e. The fourth-order valence-corrected chi connectivity index (χ4v) is 3.08. The molecule has 0 aromatic rings. The molecule has 1 fully saturated rings. The maximum Gasteiger partial charge on any atom is 0.0244 e. The van der Waals surface area contributed by atoms with Crippen molar-refractivity contribution in [3.63, 3.8) is 0 Å². The zero-order valence-corrected chi connectivity index (χ0v) is 14.1. The molecule has 0 aliphatic carbocycles. The molecule has 1 aliphatic rings. The molecule has 0 saturated carbocycles. The highest BCUT2D eigenvalue weighted by Crippen LogP contribution is 2.19. The van der Waals surface area contributed by atoms with Crippen LogP contribution >= 0.6 is 0 Å². The van der Waals surface area contributed by atoms with Crippen LogP contribution in [0.3, 0.4) is 0 Å². The van der Waals surface area contributed by atoms with Crippen molar-refractivity contribution >= 4 is 0 Å². The summed E-state index contributed by atoms with van der Waals surface area (Å²) in [5, 5.41) is 3.75. The van der Waals surface area contributed by atoms with Gasteiger partial charge in [-0.15, -0.1) is 0 Å². The Morgan fingerprint density at radius 3 is 2.21 bits per heavy atom. The number of hydrogen-bond donors (Lipinski definition) is 1. The van der Waals surface area contributed by atoms with E-state index in [1.54, 1.807) is 0 Å². The average molecular weight is 268 g/mol. The lowest BCUT2D eigenvalue weighted by atomic mass is 9.94. The zero-order chi connectivity index (χ0) is 14.4. The maximum atomic E-state index is 3.75. The molecular weight excluding hydrogens is 232 g/mol. The first kappa shape index (κ1) is 17.0. The number of nitrogens with one attached hydrogen (secondary N) is 1. The molecule has 1 aliphatic heterocycles. The van der Waals surface area contributed by atoms with Crippen molar-refractivity contribution in [2.45, 2.75) is 72.9 Å². The fraction of sp³-hybridized carbons (Fsp3) is 1.00. The van der Waals surface area contributed by atoms with E-state index in [1.807, 2.05) is 0 Å². The first-order valence-corrected chi connectivity index (χ1v) is 8.39. The fourth-order valence-electron chi connectivity index (χ4n) is 3.08. The van der Waals surface area contributed by atoms with Crippen LogP contribution in [0.1, 0.15) is 60.8 Å². The highest BCUT2D eigenvalue weighted by atomic mass is 15.2. The van der Waals surface area contributed by atoms with Crippen molar-refractivity contribution in [2.75, 3.05) is 19.6 Å². The molecular formula is C17H36N2. The van der Waals surface area contributed by atoms with Gasteiger partial charge in [0.25, 0.3) is 0 Å². The van der Waals surface area contributed by atoms with Gasteiger partial charge in [-0.2, -0.15) is 0 Å². The summed E-state index contributed by atoms with van der Waals surface area (Å²) >= 11 is 0. The predicted octanol–water partition coefficient (Wildman–Crippen LogP) is 3.77. The first-order chi connectivity index (χ1) is 8.91. The Kier molecular flexibility index (Phi) is 7.38. The summed E-state index contributed by atoms with van der Waals surface area (Å²) in [5.41, 5.74) is 0. The largest absolute Gasteiger partial charge is 0.311 e. The molecule has 1 heterocycles. The lowest BCUT2D eigenvalue weighted by molar-refractivity contribution is 0.0832. The molecule has 2 atom stereocenters. The third kappa shape index (κ3) is 5.83. The van der Waals surface area contributed by atoms with Gasteiger partial charge in [-0.25, -0.2) is 0 Å². The van der Waals surface area contributed by atoms with Gasteiger partial charge in [-0.3, -0.25) is 4.90 Å². The van der Waals surface area contributed by atoms with Crippen LogP contribution in [0.2, 0.25) is 0 Å². The molecule has 1 rings (SSSR count). The Hall–Kier alpha value is -0.0800. The molecule has 0 amide bonds. The van der Waals surface area contributed by atoms with Gasteiger partial charge in [0, 0.05) is 25.2 Å². The van der Waals surface area contributed by atoms with Gasteiger partial charge < -0.3 is 5.32 Å². The van der Waals surface area contributed by atoms with E-state index >= 15 is 0 Å². The van der Waals surface area contributed by atoms with Crippen LogP contribution in [-0.2, 0) is 0 Å². The predicted molar refractivity (Wildman–Crippen MR) is 85.5 cm³/mol. The van der Waals surface area contributed by atoms with Gasteiger partial charge in [-0.1, -0.05) is 54.4 Å². The number of unbranched alkanes of at least 4 members (excludes halogenated alkanes) is 1. The Bertz CT molecular complexity index is 235. The normalized spacial score (nSPS) is 25.7. The Morgan fingerprint density at radius 1 is 1.00 bits per heavy atom. The Balaban J connectivity index is 2.43. The van der Waals surface area contributed by atoms with Gasteiger partial charge in [-0.05, 0) is 30.7 Å². The van der Waals surface area contributed by atoms with E-state index in [0.29, 0.717) is 6.04 Å². The first-order valence-electron chi connectivity index (χ1n) is 8.39. The second kappa shape index (κ2) is 8.26. The summed E-state index contributed by atoms with van der Waals surface area (Å²) in [6.07, 6.45) is 4.14. The summed E-state index contributed by atoms with van der Waals surface area (Å²) in [6, 6.07) is 1.41. The minimum Gasteiger partial charge on any atom is -0.311 e. The molecule has 1 saturated heterocycles. The molecule has 114 valence electrons. The van der Waals surface area contributed by atoms with E-state index in [2.05, 4.69) is 51.8 Å². The molecule has 0 spiro atoms. The standard InChI is InChI=1S/C17H36N2/c1-13(2)9-7-8-10-19-12-16(14(3)4)18-11-17(19)15(5)6/h13-18H,7-12H2,1-6H3. The highest BCUT2D eigenvalue weighted by Gasteiger charge is 2.30. The van der Waals surface area contributed by atoms with E-state index in [9.17, 15) is 0 Å². The number of piperazine rings is 1. The van der Waals surface area contributed by atoms with E-state index in [4.69, 9.17) is 0 Å². The van der Waals surface area contributed by atoms with Crippen LogP contribution in [0.25, 0.3) is 0 Å². The molecule has 0 aromatic heterocycles. The lowest BCUT2D eigenvalue weighted by Gasteiger charge is -2.43. The SMILES string of the molecule is CC(C)CCCCN1CC(C(C)C)NCC1C(C)C. The van der Waals surface area contributed by atoms with E-state index in [0.717, 1.165) is 23.8 Å². The van der Waals surface area contributed by atoms with Crippen LogP contribution in [0.4, 0.5) is 0 Å². The minimum absolute atomic E-state index is 0.681. The Morgan fingerprint density at radius 2 is 1.68 bits per heavy atom. The number of nitrogens with zero attached hydrogens (tertiary/aromatic N) is 1. The number of hydrogen-bond acceptors (Lipinski definition) is 2. The molecule has 0 radical (unpaired) electrons. The van der Waals surface area contributed by atoms with Crippen LogP contribution in [0, 0.1) is 17.8 Å². The molecule has 2 nitrogen and oxygen atoms in total. The Labute approximate surface area is 121 Å². The summed E-state index contributed by atoms with van der Waals surface area (Å²) in [4.78, 5) is 2.76. The van der Waals surface area contributed by atoms with Gasteiger partial charge in [0.15, 0.2) is 0 Å². The van der Waals surface area contributed by atoms with Gasteiger partial charge in [0.1, 0.15) is 0 Å². The van der Waals surface area contributed by atoms with Crippen molar-refractivity contribution in [1.82, 2.24) is 10.2 Å². The van der Waals surface area contributed by atoms with Crippen molar-refractivity contribution in [3.05, 3.63) is 0 Å². The summed E-state index contributed by atoms with van der Waals surface area (Å²) in [6.45, 7) is 17.8. The topological polar surface area (TPSA) is 15.3 Å². The van der Waals surface area contributed by atoms with Crippen molar-refractivity contribution in [1.29, 1.82) is 0 Å². The zero-order valence-electron chi connectivity index (χ0n) is 14.1. The van der Waals surface area contributed by atoms with Crippen LogP contribution in [-0.4, -0.2) is 36.6 Å². The van der Waals surface area contributed by atoms with Crippen molar-refractivity contribution < 1.29 is 0 Å². The van der Waals surface area contributed by atoms with Gasteiger partial charge >= 0.3 is 0 Å². The molecule has 0 bridgehead atoms. The van der Waals surface area contributed by atoms with Crippen LogP contribution < -0.4 is 5.32 Å². The molecule has 1 N–H and O–H groups in total.